The zero-order valence-electron chi connectivity index (χ0n) is 13.6. The van der Waals surface area contributed by atoms with Crippen molar-refractivity contribution >= 4 is 15.9 Å². The maximum atomic E-state index is 12.7. The summed E-state index contributed by atoms with van der Waals surface area (Å²) in [4.78, 5) is 16.7. The highest BCUT2D eigenvalue weighted by atomic mass is 32.2. The number of sulfonamides is 1. The standard InChI is InChI=1S/C17H16N4O4S/c18-26(23,24)14-8-6-12(7-9-14)10-19-17(22)15(16-20-11-25-21-16)13-4-2-1-3-5-13/h1-9,11,15H,10H2,(H,19,22)(H2,18,23,24). The fourth-order valence-electron chi connectivity index (χ4n) is 2.46. The number of amides is 1. The van der Waals surface area contributed by atoms with Crippen LogP contribution in [0, 0.1) is 0 Å². The molecular weight excluding hydrogens is 356 g/mol. The molecule has 3 rings (SSSR count). The number of nitrogens with zero attached hydrogens (tertiary/aromatic N) is 2. The van der Waals surface area contributed by atoms with Crippen LogP contribution in [0.2, 0.25) is 0 Å². The van der Waals surface area contributed by atoms with Crippen molar-refractivity contribution in [2.75, 3.05) is 0 Å². The monoisotopic (exact) mass is 372 g/mol. The highest BCUT2D eigenvalue weighted by Gasteiger charge is 2.26. The van der Waals surface area contributed by atoms with Gasteiger partial charge in [0.15, 0.2) is 5.82 Å². The number of hydrogen-bond donors (Lipinski definition) is 2. The van der Waals surface area contributed by atoms with Gasteiger partial charge in [0.2, 0.25) is 22.3 Å². The van der Waals surface area contributed by atoms with Gasteiger partial charge < -0.3 is 9.84 Å². The van der Waals surface area contributed by atoms with Gasteiger partial charge in [-0.25, -0.2) is 13.6 Å². The molecular formula is C17H16N4O4S. The Bertz CT molecular complexity index is 971. The van der Waals surface area contributed by atoms with Gasteiger partial charge in [-0.1, -0.05) is 47.6 Å². The molecule has 0 spiro atoms. The number of hydrogen-bond acceptors (Lipinski definition) is 6. The summed E-state index contributed by atoms with van der Waals surface area (Å²) in [5, 5.41) is 11.6. The molecule has 1 unspecified atom stereocenters. The van der Waals surface area contributed by atoms with Crippen LogP contribution in [-0.4, -0.2) is 24.5 Å². The lowest BCUT2D eigenvalue weighted by Crippen LogP contribution is -2.30. The van der Waals surface area contributed by atoms with Crippen LogP contribution < -0.4 is 10.5 Å². The first kappa shape index (κ1) is 17.8. The summed E-state index contributed by atoms with van der Waals surface area (Å²) in [6.07, 6.45) is 1.17. The molecule has 1 amide bonds. The number of nitrogens with one attached hydrogen (secondary N) is 1. The van der Waals surface area contributed by atoms with Crippen LogP contribution in [-0.2, 0) is 21.4 Å². The number of nitrogens with two attached hydrogens (primary N) is 1. The zero-order valence-corrected chi connectivity index (χ0v) is 14.4. The van der Waals surface area contributed by atoms with E-state index >= 15 is 0 Å². The van der Waals surface area contributed by atoms with Gasteiger partial charge in [0, 0.05) is 6.54 Å². The molecule has 9 heteroatoms. The van der Waals surface area contributed by atoms with Gasteiger partial charge in [-0.3, -0.25) is 4.79 Å². The van der Waals surface area contributed by atoms with Crippen molar-refractivity contribution in [3.63, 3.8) is 0 Å². The Kier molecular flexibility index (Phi) is 5.10. The number of carbonyl (C=O) groups is 1. The fraction of sp³-hybridized carbons (Fsp3) is 0.118. The van der Waals surface area contributed by atoms with Crippen LogP contribution >= 0.6 is 0 Å². The molecule has 1 aromatic heterocycles. The lowest BCUT2D eigenvalue weighted by atomic mass is 9.97. The van der Waals surface area contributed by atoms with Gasteiger partial charge in [0.05, 0.1) is 4.90 Å². The second-order valence-corrected chi connectivity index (χ2v) is 7.10. The molecule has 0 saturated carbocycles. The van der Waals surface area contributed by atoms with Crippen LogP contribution in [0.4, 0.5) is 0 Å². The Hall–Kier alpha value is -3.04. The molecule has 3 N–H and O–H groups in total. The molecule has 0 saturated heterocycles. The Balaban J connectivity index is 1.75. The van der Waals surface area contributed by atoms with Gasteiger partial charge in [0.25, 0.3) is 0 Å². The molecule has 0 bridgehead atoms. The summed E-state index contributed by atoms with van der Waals surface area (Å²) < 4.78 is 27.3. The van der Waals surface area contributed by atoms with Crippen molar-refractivity contribution < 1.29 is 17.7 Å². The zero-order chi connectivity index (χ0) is 18.6. The average Bonchev–Trinajstić information content (AvgIpc) is 3.15. The van der Waals surface area contributed by atoms with Crippen molar-refractivity contribution in [3.8, 4) is 0 Å². The first-order chi connectivity index (χ1) is 12.4. The van der Waals surface area contributed by atoms with Gasteiger partial charge in [0.1, 0.15) is 5.92 Å². The molecule has 3 aromatic rings. The molecule has 1 heterocycles. The predicted octanol–water partition coefficient (Wildman–Crippen LogP) is 1.17. The van der Waals surface area contributed by atoms with Crippen LogP contribution in [0.1, 0.15) is 22.9 Å². The Morgan fingerprint density at radius 1 is 1.12 bits per heavy atom. The molecule has 0 aliphatic carbocycles. The van der Waals surface area contributed by atoms with Crippen LogP contribution in [0.15, 0.2) is 70.4 Å². The minimum Gasteiger partial charge on any atom is -0.351 e. The topological polar surface area (TPSA) is 128 Å². The van der Waals surface area contributed by atoms with E-state index in [1.807, 2.05) is 30.3 Å². The second-order valence-electron chi connectivity index (χ2n) is 5.54. The highest BCUT2D eigenvalue weighted by molar-refractivity contribution is 7.89. The fourth-order valence-corrected chi connectivity index (χ4v) is 2.97. The first-order valence-electron chi connectivity index (χ1n) is 7.66. The third-order valence-corrected chi connectivity index (χ3v) is 4.68. The number of aromatic nitrogens is 2. The molecule has 1 atom stereocenters. The largest absolute Gasteiger partial charge is 0.351 e. The minimum absolute atomic E-state index is 0.0153. The van der Waals surface area contributed by atoms with E-state index in [0.29, 0.717) is 0 Å². The molecule has 8 nitrogen and oxygen atoms in total. The van der Waals surface area contributed by atoms with E-state index in [1.54, 1.807) is 12.1 Å². The van der Waals surface area contributed by atoms with E-state index in [1.165, 1.54) is 18.5 Å². The normalized spacial score (nSPS) is 12.5. The molecule has 0 radical (unpaired) electrons. The Morgan fingerprint density at radius 3 is 2.38 bits per heavy atom. The number of benzene rings is 2. The lowest BCUT2D eigenvalue weighted by molar-refractivity contribution is -0.122. The number of rotatable bonds is 6. The molecule has 134 valence electrons. The van der Waals surface area contributed by atoms with E-state index in [2.05, 4.69) is 15.5 Å². The van der Waals surface area contributed by atoms with Gasteiger partial charge in [-0.2, -0.15) is 4.98 Å². The van der Waals surface area contributed by atoms with E-state index in [-0.39, 0.29) is 23.2 Å². The molecule has 2 aromatic carbocycles. The van der Waals surface area contributed by atoms with Gasteiger partial charge in [-0.05, 0) is 23.3 Å². The minimum atomic E-state index is -3.74. The van der Waals surface area contributed by atoms with Crippen molar-refractivity contribution in [2.24, 2.45) is 5.14 Å². The summed E-state index contributed by atoms with van der Waals surface area (Å²) in [6, 6.07) is 15.1. The van der Waals surface area contributed by atoms with Crippen molar-refractivity contribution in [2.45, 2.75) is 17.4 Å². The van der Waals surface area contributed by atoms with Crippen LogP contribution in [0.5, 0.6) is 0 Å². The maximum absolute atomic E-state index is 12.7. The third-order valence-electron chi connectivity index (χ3n) is 3.75. The van der Waals surface area contributed by atoms with E-state index in [0.717, 1.165) is 11.1 Å². The highest BCUT2D eigenvalue weighted by Crippen LogP contribution is 2.22. The quantitative estimate of drug-likeness (QED) is 0.668. The lowest BCUT2D eigenvalue weighted by Gasteiger charge is -2.14. The van der Waals surface area contributed by atoms with E-state index < -0.39 is 15.9 Å². The Morgan fingerprint density at radius 2 is 1.81 bits per heavy atom. The smallest absolute Gasteiger partial charge is 0.238 e. The summed E-state index contributed by atoms with van der Waals surface area (Å²) in [7, 11) is -3.74. The average molecular weight is 372 g/mol. The van der Waals surface area contributed by atoms with Crippen LogP contribution in [0.3, 0.4) is 0 Å². The predicted molar refractivity (Wildman–Crippen MR) is 92.2 cm³/mol. The number of primary sulfonamides is 1. The maximum Gasteiger partial charge on any atom is 0.238 e. The summed E-state index contributed by atoms with van der Waals surface area (Å²) in [5.74, 6) is -0.745. The van der Waals surface area contributed by atoms with E-state index in [4.69, 9.17) is 9.66 Å². The third kappa shape index (κ3) is 4.13. The summed E-state index contributed by atoms with van der Waals surface area (Å²) in [6.45, 7) is 0.213. The second kappa shape index (κ2) is 7.46. The summed E-state index contributed by atoms with van der Waals surface area (Å²) in [5.41, 5.74) is 1.46. The van der Waals surface area contributed by atoms with Gasteiger partial charge >= 0.3 is 0 Å². The molecule has 0 aliphatic heterocycles. The van der Waals surface area contributed by atoms with Gasteiger partial charge in [-0.15, -0.1) is 0 Å². The molecule has 0 aliphatic rings. The van der Waals surface area contributed by atoms with Crippen LogP contribution in [0.25, 0.3) is 0 Å². The SMILES string of the molecule is NS(=O)(=O)c1ccc(CNC(=O)C(c2ccccc2)c2ncon2)cc1. The molecule has 0 fully saturated rings. The number of carbonyl (C=O) groups excluding carboxylic acids is 1. The molecule has 26 heavy (non-hydrogen) atoms. The van der Waals surface area contributed by atoms with Crippen molar-refractivity contribution in [1.29, 1.82) is 0 Å². The Labute approximate surface area is 150 Å². The van der Waals surface area contributed by atoms with Crippen molar-refractivity contribution in [1.82, 2.24) is 15.5 Å². The van der Waals surface area contributed by atoms with E-state index in [9.17, 15) is 13.2 Å². The first-order valence-corrected chi connectivity index (χ1v) is 9.20. The van der Waals surface area contributed by atoms with Crippen molar-refractivity contribution in [3.05, 3.63) is 77.9 Å². The summed E-state index contributed by atoms with van der Waals surface area (Å²) >= 11 is 0.